The van der Waals surface area contributed by atoms with Crippen LogP contribution in [0.25, 0.3) is 0 Å². The highest BCUT2D eigenvalue weighted by atomic mass is 35.5. The van der Waals surface area contributed by atoms with Gasteiger partial charge in [0.05, 0.1) is 29.5 Å². The van der Waals surface area contributed by atoms with Gasteiger partial charge in [-0.2, -0.15) is 13.2 Å². The van der Waals surface area contributed by atoms with Gasteiger partial charge in [0.2, 0.25) is 0 Å². The quantitative estimate of drug-likeness (QED) is 0.498. The molecule has 0 aliphatic heterocycles. The number of ether oxygens (including phenoxy) is 2. The molecule has 0 heterocycles. The van der Waals surface area contributed by atoms with Crippen LogP contribution in [0.2, 0.25) is 5.02 Å². The molecule has 1 aromatic carbocycles. The zero-order chi connectivity index (χ0) is 15.2. The maximum absolute atomic E-state index is 11.8. The Morgan fingerprint density at radius 1 is 1.30 bits per heavy atom. The molecule has 0 aromatic heterocycles. The van der Waals surface area contributed by atoms with Crippen LogP contribution in [0, 0.1) is 0 Å². The lowest BCUT2D eigenvalue weighted by Gasteiger charge is -2.09. The van der Waals surface area contributed by atoms with Crippen molar-refractivity contribution in [1.82, 2.24) is 0 Å². The van der Waals surface area contributed by atoms with Crippen LogP contribution in [0.5, 0.6) is 0 Å². The molecule has 8 heteroatoms. The molecule has 0 aliphatic carbocycles. The average Bonchev–Trinajstić information content (AvgIpc) is 2.35. The monoisotopic (exact) mass is 311 g/mol. The molecule has 0 saturated carbocycles. The van der Waals surface area contributed by atoms with E-state index in [1.54, 1.807) is 6.07 Å². The van der Waals surface area contributed by atoms with E-state index < -0.39 is 18.8 Å². The summed E-state index contributed by atoms with van der Waals surface area (Å²) in [6.07, 6.45) is -4.20. The summed E-state index contributed by atoms with van der Waals surface area (Å²) in [4.78, 5) is 11.6. The molecule has 2 N–H and O–H groups in total. The van der Waals surface area contributed by atoms with E-state index in [1.165, 1.54) is 12.1 Å². The van der Waals surface area contributed by atoms with E-state index in [9.17, 15) is 18.0 Å². The van der Waals surface area contributed by atoms with Crippen LogP contribution in [-0.4, -0.2) is 32.0 Å². The highest BCUT2D eigenvalue weighted by Gasteiger charge is 2.27. The van der Waals surface area contributed by atoms with Crippen molar-refractivity contribution in [3.8, 4) is 0 Å². The van der Waals surface area contributed by atoms with Crippen molar-refractivity contribution in [2.75, 3.05) is 25.6 Å². The molecule has 0 saturated heterocycles. The predicted octanol–water partition coefficient (Wildman–Crippen LogP) is 3.05. The van der Waals surface area contributed by atoms with E-state index in [0.29, 0.717) is 0 Å². The van der Waals surface area contributed by atoms with E-state index in [1.807, 2.05) is 0 Å². The molecule has 0 bridgehead atoms. The molecule has 0 atom stereocenters. The van der Waals surface area contributed by atoms with Gasteiger partial charge in [-0.25, -0.2) is 4.79 Å². The van der Waals surface area contributed by atoms with Crippen molar-refractivity contribution in [3.05, 3.63) is 28.8 Å². The van der Waals surface area contributed by atoms with E-state index in [0.717, 1.165) is 0 Å². The van der Waals surface area contributed by atoms with E-state index in [4.69, 9.17) is 22.1 Å². The lowest BCUT2D eigenvalue weighted by atomic mass is 10.2. The van der Waals surface area contributed by atoms with Gasteiger partial charge in [-0.15, -0.1) is 0 Å². The second-order valence-corrected chi connectivity index (χ2v) is 4.24. The molecular formula is C12H13ClF3NO3. The third-order valence-corrected chi connectivity index (χ3v) is 2.60. The zero-order valence-corrected chi connectivity index (χ0v) is 11.1. The van der Waals surface area contributed by atoms with Crippen LogP contribution in [0.4, 0.5) is 18.9 Å². The van der Waals surface area contributed by atoms with Gasteiger partial charge in [-0.3, -0.25) is 0 Å². The number of carbonyl (C=O) groups is 1. The number of carbonyl (C=O) groups excluding carboxylic acids is 1. The third-order valence-electron chi connectivity index (χ3n) is 2.18. The average molecular weight is 312 g/mol. The Labute approximate surface area is 118 Å². The van der Waals surface area contributed by atoms with Crippen molar-refractivity contribution in [1.29, 1.82) is 0 Å². The minimum absolute atomic E-state index is 0.0676. The fourth-order valence-electron chi connectivity index (χ4n) is 1.30. The molecule has 0 aliphatic rings. The van der Waals surface area contributed by atoms with Crippen molar-refractivity contribution >= 4 is 23.3 Å². The van der Waals surface area contributed by atoms with Crippen LogP contribution in [0.3, 0.4) is 0 Å². The van der Waals surface area contributed by atoms with E-state index >= 15 is 0 Å². The molecule has 0 spiro atoms. The molecule has 1 aromatic rings. The van der Waals surface area contributed by atoms with E-state index in [2.05, 4.69) is 4.74 Å². The van der Waals surface area contributed by atoms with Gasteiger partial charge < -0.3 is 15.2 Å². The standard InChI is InChI=1S/C12H13ClF3NO3/c13-10-8(3-1-4-9(10)17)11(18)20-6-2-5-19-7-12(14,15)16/h1,3-4H,2,5-7,17H2. The number of nitrogens with two attached hydrogens (primary N) is 1. The number of nitrogen functional groups attached to an aromatic ring is 1. The number of alkyl halides is 3. The summed E-state index contributed by atoms with van der Waals surface area (Å²) in [5, 5.41) is 0.0887. The number of hydrogen-bond acceptors (Lipinski definition) is 4. The van der Waals surface area contributed by atoms with Gasteiger partial charge in [-0.05, 0) is 12.1 Å². The van der Waals surface area contributed by atoms with Gasteiger partial charge in [0, 0.05) is 6.42 Å². The summed E-state index contributed by atoms with van der Waals surface area (Å²) in [5.74, 6) is -0.682. The lowest BCUT2D eigenvalue weighted by Crippen LogP contribution is -2.18. The van der Waals surface area contributed by atoms with Crippen LogP contribution < -0.4 is 5.73 Å². The number of esters is 1. The second-order valence-electron chi connectivity index (χ2n) is 3.87. The molecule has 0 unspecified atom stereocenters. The minimum atomic E-state index is -4.36. The largest absolute Gasteiger partial charge is 0.462 e. The normalized spacial score (nSPS) is 11.4. The molecule has 0 amide bonds. The van der Waals surface area contributed by atoms with Crippen LogP contribution in [0.1, 0.15) is 16.8 Å². The Morgan fingerprint density at radius 2 is 2.00 bits per heavy atom. The molecule has 4 nitrogen and oxygen atoms in total. The fourth-order valence-corrected chi connectivity index (χ4v) is 1.50. The lowest BCUT2D eigenvalue weighted by molar-refractivity contribution is -0.174. The molecule has 112 valence electrons. The maximum atomic E-state index is 11.8. The Kier molecular flexibility index (Phi) is 6.09. The Bertz CT molecular complexity index is 466. The van der Waals surface area contributed by atoms with Crippen molar-refractivity contribution < 1.29 is 27.4 Å². The molecular weight excluding hydrogens is 299 g/mol. The summed E-state index contributed by atoms with van der Waals surface area (Å²) < 4.78 is 44.5. The SMILES string of the molecule is Nc1cccc(C(=O)OCCCOCC(F)(F)F)c1Cl. The first-order valence-corrected chi connectivity index (χ1v) is 6.04. The maximum Gasteiger partial charge on any atom is 0.411 e. The summed E-state index contributed by atoms with van der Waals surface area (Å²) >= 11 is 5.83. The number of halogens is 4. The van der Waals surface area contributed by atoms with E-state index in [-0.39, 0.29) is 35.9 Å². The van der Waals surface area contributed by atoms with Crippen molar-refractivity contribution in [2.45, 2.75) is 12.6 Å². The second kappa shape index (κ2) is 7.35. The van der Waals surface area contributed by atoms with Gasteiger partial charge in [0.1, 0.15) is 6.61 Å². The molecule has 1 rings (SSSR count). The Hall–Kier alpha value is -1.47. The third kappa shape index (κ3) is 5.66. The highest BCUT2D eigenvalue weighted by Crippen LogP contribution is 2.23. The molecule has 20 heavy (non-hydrogen) atoms. The predicted molar refractivity (Wildman–Crippen MR) is 67.6 cm³/mol. The highest BCUT2D eigenvalue weighted by molar-refractivity contribution is 6.36. The van der Waals surface area contributed by atoms with Crippen LogP contribution in [0.15, 0.2) is 18.2 Å². The summed E-state index contributed by atoms with van der Waals surface area (Å²) in [6, 6.07) is 4.52. The number of rotatable bonds is 6. The molecule has 0 fully saturated rings. The van der Waals surface area contributed by atoms with Crippen molar-refractivity contribution in [2.24, 2.45) is 0 Å². The van der Waals surface area contributed by atoms with Gasteiger partial charge in [0.15, 0.2) is 0 Å². The topological polar surface area (TPSA) is 61.6 Å². The smallest absolute Gasteiger partial charge is 0.411 e. The minimum Gasteiger partial charge on any atom is -0.462 e. The first kappa shape index (κ1) is 16.6. The molecule has 0 radical (unpaired) electrons. The zero-order valence-electron chi connectivity index (χ0n) is 10.4. The Balaban J connectivity index is 2.29. The van der Waals surface area contributed by atoms with Gasteiger partial charge in [-0.1, -0.05) is 17.7 Å². The van der Waals surface area contributed by atoms with Crippen LogP contribution >= 0.6 is 11.6 Å². The van der Waals surface area contributed by atoms with Gasteiger partial charge in [0.25, 0.3) is 0 Å². The number of hydrogen-bond donors (Lipinski definition) is 1. The Morgan fingerprint density at radius 3 is 2.65 bits per heavy atom. The van der Waals surface area contributed by atoms with Crippen LogP contribution in [-0.2, 0) is 9.47 Å². The first-order chi connectivity index (χ1) is 9.31. The number of benzene rings is 1. The first-order valence-electron chi connectivity index (χ1n) is 5.67. The summed E-state index contributed by atoms with van der Waals surface area (Å²) in [5.41, 5.74) is 5.89. The van der Waals surface area contributed by atoms with Gasteiger partial charge >= 0.3 is 12.1 Å². The van der Waals surface area contributed by atoms with Crippen molar-refractivity contribution in [3.63, 3.8) is 0 Å². The number of anilines is 1. The fraction of sp³-hybridized carbons (Fsp3) is 0.417. The summed E-state index contributed by atoms with van der Waals surface area (Å²) in [7, 11) is 0. The summed E-state index contributed by atoms with van der Waals surface area (Å²) in [6.45, 7) is -1.54.